The lowest BCUT2D eigenvalue weighted by molar-refractivity contribution is 1.28. The van der Waals surface area contributed by atoms with Crippen molar-refractivity contribution in [3.63, 3.8) is 0 Å². The predicted octanol–water partition coefficient (Wildman–Crippen LogP) is 15.8. The molecule has 0 N–H and O–H groups in total. The molecule has 0 radical (unpaired) electrons. The maximum atomic E-state index is 2.42. The quantitative estimate of drug-likeness (QED) is 0.141. The highest BCUT2D eigenvalue weighted by Crippen LogP contribution is 2.45. The number of benzene rings is 10. The molecule has 0 heterocycles. The van der Waals surface area contributed by atoms with Gasteiger partial charge in [0.25, 0.3) is 0 Å². The molecule has 0 unspecified atom stereocenters. The number of hydrogen-bond acceptors (Lipinski definition) is 1. The molecule has 10 rings (SSSR count). The molecule has 0 spiro atoms. The van der Waals surface area contributed by atoms with Crippen LogP contribution in [0.2, 0.25) is 0 Å². The van der Waals surface area contributed by atoms with Gasteiger partial charge in [-0.1, -0.05) is 200 Å². The van der Waals surface area contributed by atoms with Gasteiger partial charge in [-0.2, -0.15) is 0 Å². The molecule has 57 heavy (non-hydrogen) atoms. The maximum Gasteiger partial charge on any atom is 0.0546 e. The topological polar surface area (TPSA) is 3.24 Å². The van der Waals surface area contributed by atoms with Crippen molar-refractivity contribution in [1.82, 2.24) is 0 Å². The molecule has 10 aromatic carbocycles. The van der Waals surface area contributed by atoms with Gasteiger partial charge in [0.05, 0.1) is 5.69 Å². The van der Waals surface area contributed by atoms with Crippen LogP contribution >= 0.6 is 0 Å². The molecule has 0 fully saturated rings. The second kappa shape index (κ2) is 15.0. The monoisotopic (exact) mass is 725 g/mol. The zero-order valence-corrected chi connectivity index (χ0v) is 31.5. The SMILES string of the molecule is c1ccc(-c2ccc(N(c3ccc(-c4cccc(-c5ccccc5)c4)cc3)c3cc(-c4cccc5c4ccc4ccccc45)ccc3-c3ccccc3)cc2)cc1. The van der Waals surface area contributed by atoms with E-state index >= 15 is 0 Å². The fourth-order valence-electron chi connectivity index (χ4n) is 8.21. The molecule has 0 bridgehead atoms. The van der Waals surface area contributed by atoms with Crippen LogP contribution in [0.4, 0.5) is 17.1 Å². The lowest BCUT2D eigenvalue weighted by atomic mass is 9.92. The molecule has 1 heteroatoms. The average Bonchev–Trinajstić information content (AvgIpc) is 3.30. The van der Waals surface area contributed by atoms with Gasteiger partial charge in [-0.05, 0) is 108 Å². The number of hydrogen-bond donors (Lipinski definition) is 0. The Labute approximate surface area is 334 Å². The average molecular weight is 726 g/mol. The van der Waals surface area contributed by atoms with E-state index in [0.717, 1.165) is 22.6 Å². The van der Waals surface area contributed by atoms with Gasteiger partial charge in [0.2, 0.25) is 0 Å². The fourth-order valence-corrected chi connectivity index (χ4v) is 8.21. The Morgan fingerprint density at radius 1 is 0.228 bits per heavy atom. The highest BCUT2D eigenvalue weighted by Gasteiger charge is 2.20. The summed E-state index contributed by atoms with van der Waals surface area (Å²) in [4.78, 5) is 2.42. The molecule has 0 amide bonds. The number of rotatable bonds is 8. The largest absolute Gasteiger partial charge is 0.310 e. The van der Waals surface area contributed by atoms with E-state index in [0.29, 0.717) is 0 Å². The first kappa shape index (κ1) is 34.0. The predicted molar refractivity (Wildman–Crippen MR) is 243 cm³/mol. The van der Waals surface area contributed by atoms with E-state index in [2.05, 4.69) is 241 Å². The second-order valence-corrected chi connectivity index (χ2v) is 14.5. The third-order valence-corrected chi connectivity index (χ3v) is 11.1. The van der Waals surface area contributed by atoms with E-state index in [1.54, 1.807) is 0 Å². The molecular weight excluding hydrogens is 687 g/mol. The maximum absolute atomic E-state index is 2.42. The minimum Gasteiger partial charge on any atom is -0.310 e. The van der Waals surface area contributed by atoms with E-state index in [1.165, 1.54) is 71.6 Å². The van der Waals surface area contributed by atoms with Gasteiger partial charge in [-0.25, -0.2) is 0 Å². The summed E-state index contributed by atoms with van der Waals surface area (Å²) >= 11 is 0. The summed E-state index contributed by atoms with van der Waals surface area (Å²) < 4.78 is 0. The van der Waals surface area contributed by atoms with Crippen molar-refractivity contribution in [2.45, 2.75) is 0 Å². The number of anilines is 3. The Kier molecular flexibility index (Phi) is 8.95. The zero-order valence-electron chi connectivity index (χ0n) is 31.5. The highest BCUT2D eigenvalue weighted by molar-refractivity contribution is 6.12. The lowest BCUT2D eigenvalue weighted by Gasteiger charge is -2.29. The molecule has 0 aliphatic heterocycles. The summed E-state index contributed by atoms with van der Waals surface area (Å²) in [6.45, 7) is 0. The van der Waals surface area contributed by atoms with E-state index in [1.807, 2.05) is 0 Å². The first-order valence-electron chi connectivity index (χ1n) is 19.6. The van der Waals surface area contributed by atoms with Crippen LogP contribution in [0.15, 0.2) is 237 Å². The third kappa shape index (κ3) is 6.66. The minimum absolute atomic E-state index is 1.09. The standard InChI is InChI=1S/C56H39N/c1-4-14-40(15-5-1)42-26-32-49(33-27-42)57(50-34-28-43(29-35-50)47-22-12-21-46(38-47)41-16-6-2-7-17-41)56-39-48(31-36-53(56)44-18-8-3-9-19-44)52-24-13-25-54-51-23-11-10-20-45(51)30-37-55(52)54/h1-39H. The first-order valence-corrected chi connectivity index (χ1v) is 19.6. The Morgan fingerprint density at radius 2 is 0.702 bits per heavy atom. The molecule has 268 valence electrons. The molecule has 0 aliphatic rings. The van der Waals surface area contributed by atoms with Crippen molar-refractivity contribution in [2.24, 2.45) is 0 Å². The van der Waals surface area contributed by atoms with Crippen molar-refractivity contribution in [3.05, 3.63) is 237 Å². The van der Waals surface area contributed by atoms with Gasteiger partial charge in [-0.3, -0.25) is 0 Å². The summed E-state index contributed by atoms with van der Waals surface area (Å²) in [5.74, 6) is 0. The van der Waals surface area contributed by atoms with Crippen molar-refractivity contribution in [3.8, 4) is 55.6 Å². The van der Waals surface area contributed by atoms with Crippen molar-refractivity contribution >= 4 is 38.6 Å². The Bertz CT molecular complexity index is 2970. The van der Waals surface area contributed by atoms with E-state index in [4.69, 9.17) is 0 Å². The minimum atomic E-state index is 1.09. The van der Waals surface area contributed by atoms with Gasteiger partial charge in [0, 0.05) is 16.9 Å². The Morgan fingerprint density at radius 3 is 1.35 bits per heavy atom. The fraction of sp³-hybridized carbons (Fsp3) is 0. The second-order valence-electron chi connectivity index (χ2n) is 14.5. The number of nitrogens with zero attached hydrogens (tertiary/aromatic N) is 1. The van der Waals surface area contributed by atoms with Crippen LogP contribution in [0.25, 0.3) is 77.2 Å². The highest BCUT2D eigenvalue weighted by atomic mass is 15.1. The molecule has 0 aliphatic carbocycles. The van der Waals surface area contributed by atoms with Crippen LogP contribution < -0.4 is 4.90 Å². The van der Waals surface area contributed by atoms with E-state index < -0.39 is 0 Å². The van der Waals surface area contributed by atoms with Gasteiger partial charge >= 0.3 is 0 Å². The van der Waals surface area contributed by atoms with Crippen LogP contribution in [0.1, 0.15) is 0 Å². The molecule has 0 saturated heterocycles. The molecule has 0 aromatic heterocycles. The van der Waals surface area contributed by atoms with Crippen molar-refractivity contribution < 1.29 is 0 Å². The van der Waals surface area contributed by atoms with Crippen molar-refractivity contribution in [1.29, 1.82) is 0 Å². The van der Waals surface area contributed by atoms with Crippen LogP contribution in [0, 0.1) is 0 Å². The molecule has 0 atom stereocenters. The van der Waals surface area contributed by atoms with Crippen molar-refractivity contribution in [2.75, 3.05) is 4.90 Å². The van der Waals surface area contributed by atoms with E-state index in [-0.39, 0.29) is 0 Å². The Balaban J connectivity index is 1.15. The van der Waals surface area contributed by atoms with Crippen LogP contribution in [0.3, 0.4) is 0 Å². The van der Waals surface area contributed by atoms with Gasteiger partial charge in [0.15, 0.2) is 0 Å². The summed E-state index contributed by atoms with van der Waals surface area (Å²) in [5, 5.41) is 5.03. The molecular formula is C56H39N. The van der Waals surface area contributed by atoms with Crippen LogP contribution in [0.5, 0.6) is 0 Å². The summed E-state index contributed by atoms with van der Waals surface area (Å²) in [6.07, 6.45) is 0. The Hall–Kier alpha value is -7.48. The first-order chi connectivity index (χ1) is 28.3. The number of fused-ring (bicyclic) bond motifs is 3. The third-order valence-electron chi connectivity index (χ3n) is 11.1. The zero-order chi connectivity index (χ0) is 38.0. The van der Waals surface area contributed by atoms with Crippen LogP contribution in [-0.4, -0.2) is 0 Å². The van der Waals surface area contributed by atoms with Gasteiger partial charge < -0.3 is 4.90 Å². The normalized spacial score (nSPS) is 11.2. The summed E-state index contributed by atoms with van der Waals surface area (Å²) in [7, 11) is 0. The summed E-state index contributed by atoms with van der Waals surface area (Å²) in [6, 6.07) is 85.7. The van der Waals surface area contributed by atoms with E-state index in [9.17, 15) is 0 Å². The van der Waals surface area contributed by atoms with Crippen LogP contribution in [-0.2, 0) is 0 Å². The lowest BCUT2D eigenvalue weighted by Crippen LogP contribution is -2.11. The van der Waals surface area contributed by atoms with Gasteiger partial charge in [0.1, 0.15) is 0 Å². The molecule has 0 saturated carbocycles. The van der Waals surface area contributed by atoms with Gasteiger partial charge in [-0.15, -0.1) is 0 Å². The molecule has 10 aromatic rings. The summed E-state index contributed by atoms with van der Waals surface area (Å²) in [5.41, 5.74) is 15.2. The molecule has 1 nitrogen and oxygen atoms in total. The smallest absolute Gasteiger partial charge is 0.0546 e.